The summed E-state index contributed by atoms with van der Waals surface area (Å²) in [5.74, 6) is 1.42. The molecule has 2 nitrogen and oxygen atoms in total. The smallest absolute Gasteiger partial charge is 0.133 e. The van der Waals surface area contributed by atoms with Crippen LogP contribution in [0.2, 0.25) is 0 Å². The molecule has 0 radical (unpaired) electrons. The highest BCUT2D eigenvalue weighted by atomic mass is 79.9. The van der Waals surface area contributed by atoms with E-state index in [1.807, 2.05) is 6.07 Å². The van der Waals surface area contributed by atoms with E-state index in [2.05, 4.69) is 41.9 Å². The van der Waals surface area contributed by atoms with E-state index >= 15 is 0 Å². The standard InChI is InChI=1S/C13H20BrNO/c1-9(2)12(15)6-4-10-5-7-13(16-3)11(14)8-10/h5,7-9,12H,4,6,15H2,1-3H3. The van der Waals surface area contributed by atoms with Crippen LogP contribution < -0.4 is 10.5 Å². The van der Waals surface area contributed by atoms with Crippen LogP contribution in [0, 0.1) is 5.92 Å². The number of hydrogen-bond acceptors (Lipinski definition) is 2. The van der Waals surface area contributed by atoms with Crippen LogP contribution in [-0.4, -0.2) is 13.2 Å². The third kappa shape index (κ3) is 3.80. The summed E-state index contributed by atoms with van der Waals surface area (Å²) in [6.45, 7) is 4.32. The zero-order valence-electron chi connectivity index (χ0n) is 10.2. The van der Waals surface area contributed by atoms with Gasteiger partial charge in [0.05, 0.1) is 11.6 Å². The van der Waals surface area contributed by atoms with Gasteiger partial charge < -0.3 is 10.5 Å². The molecule has 1 rings (SSSR count). The van der Waals surface area contributed by atoms with Gasteiger partial charge in [-0.15, -0.1) is 0 Å². The minimum atomic E-state index is 0.279. The van der Waals surface area contributed by atoms with E-state index in [9.17, 15) is 0 Å². The maximum absolute atomic E-state index is 6.02. The monoisotopic (exact) mass is 285 g/mol. The SMILES string of the molecule is COc1ccc(CCC(N)C(C)C)cc1Br. The fourth-order valence-electron chi connectivity index (χ4n) is 1.53. The Morgan fingerprint density at radius 2 is 2.06 bits per heavy atom. The fraction of sp³-hybridized carbons (Fsp3) is 0.538. The summed E-state index contributed by atoms with van der Waals surface area (Å²) in [5.41, 5.74) is 7.32. The van der Waals surface area contributed by atoms with Gasteiger partial charge in [0, 0.05) is 6.04 Å². The molecule has 1 aromatic carbocycles. The molecule has 3 heteroatoms. The van der Waals surface area contributed by atoms with Crippen molar-refractivity contribution in [2.24, 2.45) is 11.7 Å². The average Bonchev–Trinajstić information content (AvgIpc) is 2.25. The first-order valence-electron chi connectivity index (χ1n) is 5.62. The lowest BCUT2D eigenvalue weighted by Crippen LogP contribution is -2.26. The van der Waals surface area contributed by atoms with Gasteiger partial charge in [-0.2, -0.15) is 0 Å². The number of aryl methyl sites for hydroxylation is 1. The van der Waals surface area contributed by atoms with Gasteiger partial charge in [0.1, 0.15) is 5.75 Å². The van der Waals surface area contributed by atoms with Crippen molar-refractivity contribution in [3.63, 3.8) is 0 Å². The van der Waals surface area contributed by atoms with E-state index in [0.717, 1.165) is 23.1 Å². The van der Waals surface area contributed by atoms with Crippen LogP contribution in [-0.2, 0) is 6.42 Å². The van der Waals surface area contributed by atoms with E-state index < -0.39 is 0 Å². The normalized spacial score (nSPS) is 12.9. The number of halogens is 1. The molecule has 0 aliphatic carbocycles. The first-order chi connectivity index (χ1) is 7.54. The molecular formula is C13H20BrNO. The molecule has 0 aromatic heterocycles. The molecule has 0 spiro atoms. The third-order valence-electron chi connectivity index (χ3n) is 2.84. The minimum Gasteiger partial charge on any atom is -0.496 e. The first kappa shape index (κ1) is 13.5. The zero-order chi connectivity index (χ0) is 12.1. The average molecular weight is 286 g/mol. The third-order valence-corrected chi connectivity index (χ3v) is 3.46. The maximum Gasteiger partial charge on any atom is 0.133 e. The molecule has 2 N–H and O–H groups in total. The second-order valence-electron chi connectivity index (χ2n) is 4.42. The molecule has 0 amide bonds. The molecule has 0 fully saturated rings. The summed E-state index contributed by atoms with van der Waals surface area (Å²) in [4.78, 5) is 0. The van der Waals surface area contributed by atoms with Crippen molar-refractivity contribution in [2.75, 3.05) is 7.11 Å². The van der Waals surface area contributed by atoms with Crippen molar-refractivity contribution < 1.29 is 4.74 Å². The number of methoxy groups -OCH3 is 1. The quantitative estimate of drug-likeness (QED) is 0.900. The molecule has 0 heterocycles. The Bertz CT molecular complexity index is 339. The lowest BCUT2D eigenvalue weighted by Gasteiger charge is -2.15. The van der Waals surface area contributed by atoms with Crippen molar-refractivity contribution in [3.05, 3.63) is 28.2 Å². The highest BCUT2D eigenvalue weighted by Crippen LogP contribution is 2.26. The molecule has 1 atom stereocenters. The van der Waals surface area contributed by atoms with Crippen LogP contribution in [0.3, 0.4) is 0 Å². The van der Waals surface area contributed by atoms with Crippen molar-refractivity contribution >= 4 is 15.9 Å². The number of hydrogen-bond donors (Lipinski definition) is 1. The van der Waals surface area contributed by atoms with E-state index in [0.29, 0.717) is 5.92 Å². The lowest BCUT2D eigenvalue weighted by molar-refractivity contribution is 0.412. The fourth-order valence-corrected chi connectivity index (χ4v) is 2.12. The number of ether oxygens (including phenoxy) is 1. The van der Waals surface area contributed by atoms with Gasteiger partial charge in [-0.25, -0.2) is 0 Å². The maximum atomic E-state index is 6.02. The minimum absolute atomic E-state index is 0.279. The molecule has 0 bridgehead atoms. The van der Waals surface area contributed by atoms with Gasteiger partial charge in [0.2, 0.25) is 0 Å². The summed E-state index contributed by atoms with van der Waals surface area (Å²) in [6.07, 6.45) is 2.04. The van der Waals surface area contributed by atoms with Crippen LogP contribution in [0.5, 0.6) is 5.75 Å². The van der Waals surface area contributed by atoms with Crippen molar-refractivity contribution in [1.82, 2.24) is 0 Å². The van der Waals surface area contributed by atoms with Crippen molar-refractivity contribution in [2.45, 2.75) is 32.7 Å². The van der Waals surface area contributed by atoms with Crippen LogP contribution in [0.25, 0.3) is 0 Å². The summed E-state index contributed by atoms with van der Waals surface area (Å²) in [7, 11) is 1.68. The molecule has 0 saturated carbocycles. The molecule has 0 aliphatic heterocycles. The van der Waals surface area contributed by atoms with Crippen LogP contribution in [0.1, 0.15) is 25.8 Å². The zero-order valence-corrected chi connectivity index (χ0v) is 11.8. The second-order valence-corrected chi connectivity index (χ2v) is 5.27. The Morgan fingerprint density at radius 1 is 1.38 bits per heavy atom. The van der Waals surface area contributed by atoms with Crippen LogP contribution in [0.4, 0.5) is 0 Å². The Labute approximate surface area is 106 Å². The molecule has 1 unspecified atom stereocenters. The predicted octanol–water partition coefficient (Wildman–Crippen LogP) is 3.37. The molecule has 1 aromatic rings. The molecule has 0 saturated heterocycles. The number of benzene rings is 1. The van der Waals surface area contributed by atoms with Crippen molar-refractivity contribution in [1.29, 1.82) is 0 Å². The number of rotatable bonds is 5. The molecule has 16 heavy (non-hydrogen) atoms. The second kappa shape index (κ2) is 6.26. The highest BCUT2D eigenvalue weighted by molar-refractivity contribution is 9.10. The summed E-state index contributed by atoms with van der Waals surface area (Å²) < 4.78 is 6.20. The summed E-state index contributed by atoms with van der Waals surface area (Å²) in [6, 6.07) is 6.46. The van der Waals surface area contributed by atoms with Gasteiger partial charge in [-0.05, 0) is 52.4 Å². The first-order valence-corrected chi connectivity index (χ1v) is 6.42. The number of nitrogens with two attached hydrogens (primary N) is 1. The van der Waals surface area contributed by atoms with Gasteiger partial charge >= 0.3 is 0 Å². The van der Waals surface area contributed by atoms with Gasteiger partial charge in [-0.1, -0.05) is 19.9 Å². The predicted molar refractivity (Wildman–Crippen MR) is 71.8 cm³/mol. The van der Waals surface area contributed by atoms with E-state index in [4.69, 9.17) is 10.5 Å². The molecule has 90 valence electrons. The van der Waals surface area contributed by atoms with Crippen LogP contribution in [0.15, 0.2) is 22.7 Å². The Balaban J connectivity index is 2.58. The van der Waals surface area contributed by atoms with Crippen LogP contribution >= 0.6 is 15.9 Å². The van der Waals surface area contributed by atoms with Gasteiger partial charge in [0.25, 0.3) is 0 Å². The Hall–Kier alpha value is -0.540. The summed E-state index contributed by atoms with van der Waals surface area (Å²) in [5, 5.41) is 0. The Kier molecular flexibility index (Phi) is 5.29. The van der Waals surface area contributed by atoms with Crippen molar-refractivity contribution in [3.8, 4) is 5.75 Å². The lowest BCUT2D eigenvalue weighted by atomic mass is 9.98. The molecule has 0 aliphatic rings. The molecular weight excluding hydrogens is 266 g/mol. The largest absolute Gasteiger partial charge is 0.496 e. The Morgan fingerprint density at radius 3 is 2.56 bits per heavy atom. The summed E-state index contributed by atoms with van der Waals surface area (Å²) >= 11 is 3.49. The van der Waals surface area contributed by atoms with E-state index in [1.165, 1.54) is 5.56 Å². The highest BCUT2D eigenvalue weighted by Gasteiger charge is 2.08. The van der Waals surface area contributed by atoms with Gasteiger partial charge in [0.15, 0.2) is 0 Å². The van der Waals surface area contributed by atoms with Gasteiger partial charge in [-0.3, -0.25) is 0 Å². The van der Waals surface area contributed by atoms with E-state index in [1.54, 1.807) is 7.11 Å². The van der Waals surface area contributed by atoms with E-state index in [-0.39, 0.29) is 6.04 Å². The topological polar surface area (TPSA) is 35.2 Å².